The zero-order valence-corrected chi connectivity index (χ0v) is 17.8. The van der Waals surface area contributed by atoms with Crippen molar-refractivity contribution in [3.8, 4) is 16.9 Å². The number of hydrogen-bond donors (Lipinski definition) is 2. The molecule has 1 aromatic carbocycles. The Bertz CT molecular complexity index is 1010. The molecular weight excluding hydrogens is 453 g/mol. The van der Waals surface area contributed by atoms with Crippen LogP contribution in [0.25, 0.3) is 22.2 Å². The van der Waals surface area contributed by atoms with E-state index in [1.807, 2.05) is 38.1 Å². The van der Waals surface area contributed by atoms with Gasteiger partial charge >= 0.3 is 0 Å². The molecule has 0 unspecified atom stereocenters. The summed E-state index contributed by atoms with van der Waals surface area (Å²) in [6.45, 7) is 9.61. The van der Waals surface area contributed by atoms with Crippen molar-refractivity contribution in [2.75, 3.05) is 5.32 Å². The molecule has 1 atom stereocenters. The fourth-order valence-electron chi connectivity index (χ4n) is 2.78. The maximum atomic E-state index is 11.7. The van der Waals surface area contributed by atoms with Crippen LogP contribution in [0.1, 0.15) is 25.8 Å². The summed E-state index contributed by atoms with van der Waals surface area (Å²) < 4.78 is 6.92. The predicted octanol–water partition coefficient (Wildman–Crippen LogP) is 5.44. The second kappa shape index (κ2) is 8.12. The number of aromatic nitrogens is 2. The highest BCUT2D eigenvalue weighted by Gasteiger charge is 2.15. The highest BCUT2D eigenvalue weighted by molar-refractivity contribution is 14.1. The third-order valence-corrected chi connectivity index (χ3v) is 5.27. The number of aromatic amines is 1. The molecule has 0 bridgehead atoms. The second-order valence-corrected chi connectivity index (χ2v) is 7.52. The minimum Gasteiger partial charge on any atom is -0.489 e. The van der Waals surface area contributed by atoms with Crippen LogP contribution in [-0.2, 0) is 4.79 Å². The largest absolute Gasteiger partial charge is 0.489 e. The monoisotopic (exact) mass is 475 g/mol. The molecule has 1 amide bonds. The topological polar surface area (TPSA) is 67.0 Å². The van der Waals surface area contributed by atoms with E-state index in [1.165, 1.54) is 6.08 Å². The van der Waals surface area contributed by atoms with Gasteiger partial charge in [0, 0.05) is 16.6 Å². The summed E-state index contributed by atoms with van der Waals surface area (Å²) in [5.74, 6) is 0.524. The smallest absolute Gasteiger partial charge is 0.247 e. The third-order valence-electron chi connectivity index (χ3n) is 4.46. The lowest BCUT2D eigenvalue weighted by atomic mass is 10.0. The number of nitrogens with zero attached hydrogens (tertiary/aromatic N) is 1. The SMILES string of the molecule is C=CC(=O)Nc1cc(-c2c(I)[nH]c3ncc(O[C@@H](C)CC)cc23)ccc1C. The van der Waals surface area contributed by atoms with Crippen LogP contribution < -0.4 is 10.1 Å². The molecule has 5 nitrogen and oxygen atoms in total. The third kappa shape index (κ3) is 4.16. The number of carbonyl (C=O) groups is 1. The highest BCUT2D eigenvalue weighted by atomic mass is 127. The first-order chi connectivity index (χ1) is 12.9. The Morgan fingerprint density at radius 2 is 2.22 bits per heavy atom. The van der Waals surface area contributed by atoms with Crippen LogP contribution in [0.5, 0.6) is 5.75 Å². The van der Waals surface area contributed by atoms with E-state index in [2.05, 4.69) is 51.4 Å². The first-order valence-electron chi connectivity index (χ1n) is 8.81. The Hall–Kier alpha value is -2.35. The molecular formula is C21H22IN3O2. The van der Waals surface area contributed by atoms with Crippen molar-refractivity contribution in [1.29, 1.82) is 0 Å². The number of anilines is 1. The molecule has 0 saturated carbocycles. The van der Waals surface area contributed by atoms with E-state index < -0.39 is 0 Å². The van der Waals surface area contributed by atoms with E-state index in [9.17, 15) is 4.79 Å². The maximum absolute atomic E-state index is 11.7. The van der Waals surface area contributed by atoms with Gasteiger partial charge in [0.05, 0.1) is 16.0 Å². The van der Waals surface area contributed by atoms with Crippen LogP contribution >= 0.6 is 22.6 Å². The molecule has 3 rings (SSSR count). The van der Waals surface area contributed by atoms with Crippen LogP contribution in [0.2, 0.25) is 0 Å². The van der Waals surface area contributed by atoms with Crippen LogP contribution in [0.15, 0.2) is 43.1 Å². The number of fused-ring (bicyclic) bond motifs is 1. The lowest BCUT2D eigenvalue weighted by Crippen LogP contribution is -2.09. The molecule has 27 heavy (non-hydrogen) atoms. The number of nitrogens with one attached hydrogen (secondary N) is 2. The fourth-order valence-corrected chi connectivity index (χ4v) is 3.64. The molecule has 2 aromatic heterocycles. The lowest BCUT2D eigenvalue weighted by molar-refractivity contribution is -0.111. The average Bonchev–Trinajstić information content (AvgIpc) is 2.98. The summed E-state index contributed by atoms with van der Waals surface area (Å²) in [4.78, 5) is 19.6. The number of aryl methyl sites for hydroxylation is 1. The van der Waals surface area contributed by atoms with E-state index >= 15 is 0 Å². The average molecular weight is 475 g/mol. The fraction of sp³-hybridized carbons (Fsp3) is 0.238. The molecule has 2 heterocycles. The summed E-state index contributed by atoms with van der Waals surface area (Å²) in [5, 5.41) is 3.86. The number of hydrogen-bond acceptors (Lipinski definition) is 3. The maximum Gasteiger partial charge on any atom is 0.247 e. The van der Waals surface area contributed by atoms with E-state index in [0.29, 0.717) is 0 Å². The first kappa shape index (κ1) is 19.4. The Balaban J connectivity index is 2.09. The van der Waals surface area contributed by atoms with Crippen molar-refractivity contribution in [3.63, 3.8) is 0 Å². The van der Waals surface area contributed by atoms with Crippen molar-refractivity contribution in [1.82, 2.24) is 9.97 Å². The van der Waals surface area contributed by atoms with E-state index in [0.717, 1.165) is 49.3 Å². The van der Waals surface area contributed by atoms with Crippen molar-refractivity contribution < 1.29 is 9.53 Å². The highest BCUT2D eigenvalue weighted by Crippen LogP contribution is 2.36. The van der Waals surface area contributed by atoms with Gasteiger partial charge in [0.15, 0.2) is 0 Å². The quantitative estimate of drug-likeness (QED) is 0.369. The van der Waals surface area contributed by atoms with E-state index in [1.54, 1.807) is 6.20 Å². The number of H-pyrrole nitrogens is 1. The number of halogens is 1. The molecule has 6 heteroatoms. The molecule has 0 radical (unpaired) electrons. The van der Waals surface area contributed by atoms with Crippen LogP contribution in [0, 0.1) is 10.6 Å². The summed E-state index contributed by atoms with van der Waals surface area (Å²) in [7, 11) is 0. The molecule has 0 aliphatic rings. The van der Waals surface area contributed by atoms with Crippen molar-refractivity contribution in [2.45, 2.75) is 33.3 Å². The van der Waals surface area contributed by atoms with Gasteiger partial charge < -0.3 is 15.0 Å². The number of ether oxygens (including phenoxy) is 1. The van der Waals surface area contributed by atoms with Crippen LogP contribution in [0.4, 0.5) is 5.69 Å². The number of carbonyl (C=O) groups excluding carboxylic acids is 1. The Morgan fingerprint density at radius 1 is 1.44 bits per heavy atom. The molecule has 3 aromatic rings. The van der Waals surface area contributed by atoms with Gasteiger partial charge in [0.1, 0.15) is 11.4 Å². The van der Waals surface area contributed by atoms with Crippen molar-refractivity contribution in [2.24, 2.45) is 0 Å². The summed E-state index contributed by atoms with van der Waals surface area (Å²) >= 11 is 2.27. The van der Waals surface area contributed by atoms with Gasteiger partial charge in [-0.15, -0.1) is 0 Å². The molecule has 0 aliphatic heterocycles. The van der Waals surface area contributed by atoms with Gasteiger partial charge in [-0.1, -0.05) is 25.6 Å². The van der Waals surface area contributed by atoms with Gasteiger partial charge in [-0.3, -0.25) is 4.79 Å². The number of pyridine rings is 1. The van der Waals surface area contributed by atoms with Crippen molar-refractivity contribution in [3.05, 3.63) is 52.4 Å². The van der Waals surface area contributed by atoms with Crippen LogP contribution in [-0.4, -0.2) is 22.0 Å². The van der Waals surface area contributed by atoms with E-state index in [-0.39, 0.29) is 12.0 Å². The van der Waals surface area contributed by atoms with Gasteiger partial charge in [-0.05, 0) is 72.2 Å². The standard InChI is InChI=1S/C21H22IN3O2/c1-5-13(4)27-15-10-16-19(20(22)25-21(16)23-11-15)14-8-7-12(3)17(9-14)24-18(26)6-2/h6-11,13H,2,5H2,1,3-4H3,(H,23,25)(H,24,26)/t13-/m0/s1. The lowest BCUT2D eigenvalue weighted by Gasteiger charge is -2.12. The normalized spacial score (nSPS) is 12.0. The molecule has 0 saturated heterocycles. The zero-order chi connectivity index (χ0) is 19.6. The number of benzene rings is 1. The summed E-state index contributed by atoms with van der Waals surface area (Å²) in [5.41, 5.74) is 4.60. The Morgan fingerprint density at radius 3 is 2.93 bits per heavy atom. The first-order valence-corrected chi connectivity index (χ1v) is 9.89. The van der Waals surface area contributed by atoms with Gasteiger partial charge in [-0.25, -0.2) is 4.98 Å². The number of rotatable bonds is 6. The molecule has 0 fully saturated rings. The van der Waals surface area contributed by atoms with Gasteiger partial charge in [0.25, 0.3) is 0 Å². The van der Waals surface area contributed by atoms with Gasteiger partial charge in [-0.2, -0.15) is 0 Å². The zero-order valence-electron chi connectivity index (χ0n) is 15.6. The minimum atomic E-state index is -0.227. The Kier molecular flexibility index (Phi) is 5.84. The number of amides is 1. The second-order valence-electron chi connectivity index (χ2n) is 6.44. The van der Waals surface area contributed by atoms with E-state index in [4.69, 9.17) is 4.74 Å². The summed E-state index contributed by atoms with van der Waals surface area (Å²) in [6.07, 6.45) is 4.07. The minimum absolute atomic E-state index is 0.130. The predicted molar refractivity (Wildman–Crippen MR) is 118 cm³/mol. The van der Waals surface area contributed by atoms with Crippen LogP contribution in [0.3, 0.4) is 0 Å². The van der Waals surface area contributed by atoms with Crippen molar-refractivity contribution >= 4 is 45.2 Å². The molecule has 0 aliphatic carbocycles. The molecule has 0 spiro atoms. The van der Waals surface area contributed by atoms with Gasteiger partial charge in [0.2, 0.25) is 5.91 Å². The molecule has 140 valence electrons. The Labute approximate surface area is 172 Å². The summed E-state index contributed by atoms with van der Waals surface area (Å²) in [6, 6.07) is 8.04. The molecule has 2 N–H and O–H groups in total.